The molecule has 4 rings (SSSR count). The molecule has 0 aliphatic heterocycles. The van der Waals surface area contributed by atoms with E-state index in [9.17, 15) is 22.8 Å². The zero-order chi connectivity index (χ0) is 33.3. The van der Waals surface area contributed by atoms with Gasteiger partial charge >= 0.3 is 12.3 Å². The molecule has 0 saturated carbocycles. The molecule has 4 aromatic carbocycles. The van der Waals surface area contributed by atoms with Crippen LogP contribution in [0.15, 0.2) is 96.0 Å². The molecule has 0 bridgehead atoms. The van der Waals surface area contributed by atoms with E-state index in [1.807, 2.05) is 80.6 Å². The van der Waals surface area contributed by atoms with Crippen LogP contribution < -0.4 is 10.1 Å². The first-order valence-electron chi connectivity index (χ1n) is 14.8. The maximum Gasteiger partial charge on any atom is 0.573 e. The molecule has 46 heavy (non-hydrogen) atoms. The van der Waals surface area contributed by atoms with Gasteiger partial charge in [-0.3, -0.25) is 14.6 Å². The highest BCUT2D eigenvalue weighted by Crippen LogP contribution is 2.39. The molecule has 6 nitrogen and oxygen atoms in total. The maximum atomic E-state index is 14.1. The fourth-order valence-corrected chi connectivity index (χ4v) is 5.57. The average Bonchev–Trinajstić information content (AvgIpc) is 3.00. The highest BCUT2D eigenvalue weighted by atomic mass is 35.5. The molecule has 0 saturated heterocycles. The number of carbonyl (C=O) groups is 2. The van der Waals surface area contributed by atoms with Crippen LogP contribution in [0, 0.1) is 6.92 Å². The molecule has 2 N–H and O–H groups in total. The summed E-state index contributed by atoms with van der Waals surface area (Å²) >= 11 is 6.11. The molecule has 0 unspecified atom stereocenters. The number of nitrogens with one attached hydrogen (secondary N) is 1. The molecule has 2 atom stereocenters. The second-order valence-corrected chi connectivity index (χ2v) is 11.3. The number of benzene rings is 4. The smallest absolute Gasteiger partial charge is 0.481 e. The summed E-state index contributed by atoms with van der Waals surface area (Å²) in [6.45, 7) is 4.13. The molecule has 10 heteroatoms. The van der Waals surface area contributed by atoms with Crippen LogP contribution in [0.25, 0.3) is 11.1 Å². The van der Waals surface area contributed by atoms with Crippen molar-refractivity contribution in [1.82, 2.24) is 0 Å². The van der Waals surface area contributed by atoms with Gasteiger partial charge in [0.2, 0.25) is 5.91 Å². The van der Waals surface area contributed by atoms with Gasteiger partial charge in [0.15, 0.2) is 0 Å². The third kappa shape index (κ3) is 9.68. The van der Waals surface area contributed by atoms with Crippen molar-refractivity contribution < 1.29 is 32.6 Å². The van der Waals surface area contributed by atoms with Crippen molar-refractivity contribution >= 4 is 35.4 Å². The number of aryl methyl sites for hydroxylation is 1. The van der Waals surface area contributed by atoms with Crippen molar-refractivity contribution in [2.45, 2.75) is 51.3 Å². The van der Waals surface area contributed by atoms with E-state index in [1.165, 1.54) is 24.3 Å². The topological polar surface area (TPSA) is 88.0 Å². The summed E-state index contributed by atoms with van der Waals surface area (Å²) in [5, 5.41) is 12.5. The zero-order valence-corrected chi connectivity index (χ0v) is 26.1. The number of carbonyl (C=O) groups excluding carboxylic acids is 1. The Morgan fingerprint density at radius 3 is 2.20 bits per heavy atom. The van der Waals surface area contributed by atoms with Crippen LogP contribution in [-0.2, 0) is 9.59 Å². The second kappa shape index (κ2) is 15.6. The van der Waals surface area contributed by atoms with Gasteiger partial charge in [-0.05, 0) is 89.0 Å². The van der Waals surface area contributed by atoms with E-state index >= 15 is 0 Å². The largest absolute Gasteiger partial charge is 0.573 e. The Labute approximate surface area is 270 Å². The number of carboxylic acids is 1. The Morgan fingerprint density at radius 1 is 0.957 bits per heavy atom. The molecule has 0 aliphatic rings. The number of nitrogens with zero attached hydrogens (tertiary/aromatic N) is 1. The van der Waals surface area contributed by atoms with E-state index in [0.29, 0.717) is 22.7 Å². The van der Waals surface area contributed by atoms with Crippen molar-refractivity contribution in [2.75, 3.05) is 11.9 Å². The minimum Gasteiger partial charge on any atom is -0.481 e. The molecular weight excluding hydrogens is 617 g/mol. The lowest BCUT2D eigenvalue weighted by Crippen LogP contribution is -2.27. The monoisotopic (exact) mass is 650 g/mol. The lowest BCUT2D eigenvalue weighted by atomic mass is 9.78. The van der Waals surface area contributed by atoms with E-state index in [1.54, 1.807) is 6.21 Å². The molecular formula is C36H34ClF3N2O4. The summed E-state index contributed by atoms with van der Waals surface area (Å²) in [7, 11) is 0. The summed E-state index contributed by atoms with van der Waals surface area (Å²) in [4.78, 5) is 29.0. The van der Waals surface area contributed by atoms with Crippen molar-refractivity contribution in [3.8, 4) is 16.9 Å². The van der Waals surface area contributed by atoms with Crippen LogP contribution >= 0.6 is 11.6 Å². The molecule has 240 valence electrons. The number of ether oxygens (including phenoxy) is 1. The highest BCUT2D eigenvalue weighted by Gasteiger charge is 2.33. The quantitative estimate of drug-likeness (QED) is 0.141. The summed E-state index contributed by atoms with van der Waals surface area (Å²) < 4.78 is 42.6. The fraction of sp³-hybridized carbons (Fsp3) is 0.250. The zero-order valence-electron chi connectivity index (χ0n) is 25.4. The number of amides is 1. The second-order valence-electron chi connectivity index (χ2n) is 10.9. The van der Waals surface area contributed by atoms with Gasteiger partial charge in [0.1, 0.15) is 5.75 Å². The summed E-state index contributed by atoms with van der Waals surface area (Å²) in [5.74, 6) is -2.66. The summed E-state index contributed by atoms with van der Waals surface area (Å²) in [5.41, 5.74) is 5.74. The maximum absolute atomic E-state index is 14.1. The van der Waals surface area contributed by atoms with Crippen LogP contribution in [0.1, 0.15) is 60.3 Å². The SMILES string of the molecule is CCC[C@H](c1ccc(C=NCCC(=O)O)cc1)[C@H](C(=O)Nc1ccc(-c2ccc(Cl)cc2C)cc1)c1ccc(OC(F)(F)F)cc1. The number of anilines is 1. The molecule has 0 radical (unpaired) electrons. The van der Waals surface area contributed by atoms with Gasteiger partial charge in [-0.15, -0.1) is 13.2 Å². The molecule has 1 amide bonds. The molecule has 0 aliphatic carbocycles. The van der Waals surface area contributed by atoms with Crippen LogP contribution in [0.5, 0.6) is 5.75 Å². The van der Waals surface area contributed by atoms with Gasteiger partial charge in [-0.1, -0.05) is 79.5 Å². The molecule has 0 aromatic heterocycles. The van der Waals surface area contributed by atoms with Crippen LogP contribution in [0.2, 0.25) is 5.02 Å². The van der Waals surface area contributed by atoms with Gasteiger partial charge in [-0.25, -0.2) is 0 Å². The Kier molecular flexibility index (Phi) is 11.6. The van der Waals surface area contributed by atoms with Gasteiger partial charge in [0.05, 0.1) is 12.3 Å². The molecule has 4 aromatic rings. The van der Waals surface area contributed by atoms with E-state index in [-0.39, 0.29) is 30.5 Å². The third-order valence-corrected chi connectivity index (χ3v) is 7.70. The Balaban J connectivity index is 1.64. The number of aliphatic carboxylic acids is 1. The lowest BCUT2D eigenvalue weighted by Gasteiger charge is -2.28. The van der Waals surface area contributed by atoms with Gasteiger partial charge in [0.25, 0.3) is 0 Å². The van der Waals surface area contributed by atoms with Crippen molar-refractivity contribution in [1.29, 1.82) is 0 Å². The van der Waals surface area contributed by atoms with E-state index in [2.05, 4.69) is 15.0 Å². The Hall–Kier alpha value is -4.63. The first kappa shape index (κ1) is 34.2. The first-order chi connectivity index (χ1) is 21.9. The molecule has 0 fully saturated rings. The van der Waals surface area contributed by atoms with E-state index in [0.717, 1.165) is 34.2 Å². The van der Waals surface area contributed by atoms with Crippen LogP contribution in [0.3, 0.4) is 0 Å². The molecule has 0 heterocycles. The molecule has 0 spiro atoms. The predicted molar refractivity (Wildman–Crippen MR) is 175 cm³/mol. The number of hydrogen-bond donors (Lipinski definition) is 2. The fourth-order valence-electron chi connectivity index (χ4n) is 5.34. The predicted octanol–water partition coefficient (Wildman–Crippen LogP) is 9.41. The van der Waals surface area contributed by atoms with Crippen molar-refractivity contribution in [3.63, 3.8) is 0 Å². The number of aliphatic imine (C=N–C) groups is 1. The highest BCUT2D eigenvalue weighted by molar-refractivity contribution is 6.30. The van der Waals surface area contributed by atoms with E-state index in [4.69, 9.17) is 16.7 Å². The van der Waals surface area contributed by atoms with E-state index < -0.39 is 18.2 Å². The summed E-state index contributed by atoms with van der Waals surface area (Å²) in [6.07, 6.45) is -1.93. The Bertz CT molecular complexity index is 1660. The number of rotatable bonds is 13. The first-order valence-corrected chi connectivity index (χ1v) is 15.2. The van der Waals surface area contributed by atoms with Gasteiger partial charge in [-0.2, -0.15) is 0 Å². The minimum absolute atomic E-state index is 0.0692. The van der Waals surface area contributed by atoms with Crippen LogP contribution in [0.4, 0.5) is 18.9 Å². The number of halogens is 4. The van der Waals surface area contributed by atoms with Crippen molar-refractivity contribution in [2.24, 2.45) is 4.99 Å². The van der Waals surface area contributed by atoms with Crippen molar-refractivity contribution in [3.05, 3.63) is 118 Å². The number of alkyl halides is 3. The van der Waals surface area contributed by atoms with Gasteiger partial charge in [0, 0.05) is 23.5 Å². The number of hydrogen-bond acceptors (Lipinski definition) is 4. The lowest BCUT2D eigenvalue weighted by molar-refractivity contribution is -0.274. The third-order valence-electron chi connectivity index (χ3n) is 7.47. The average molecular weight is 651 g/mol. The summed E-state index contributed by atoms with van der Waals surface area (Å²) in [6, 6.07) is 26.0. The van der Waals surface area contributed by atoms with Gasteiger partial charge < -0.3 is 15.2 Å². The standard InChI is InChI=1S/C36H34ClF3N2O4/c1-3-4-32(26-7-5-24(6-8-26)22-41-20-19-33(43)44)34(27-11-16-30(17-12-27)46-36(38,39)40)35(45)42-29-14-9-25(10-15-29)31-18-13-28(37)21-23(31)2/h5-18,21-22,32,34H,3-4,19-20H2,1-2H3,(H,42,45)(H,43,44)/t32-,34-/m1/s1. The van der Waals surface area contributed by atoms with Crippen LogP contribution in [-0.4, -0.2) is 36.1 Å². The normalized spacial score (nSPS) is 12.9. The number of carboxylic acid groups (broad SMARTS) is 1. The minimum atomic E-state index is -4.83. The Morgan fingerprint density at radius 2 is 1.61 bits per heavy atom.